The second-order valence-corrected chi connectivity index (χ2v) is 7.77. The Morgan fingerprint density at radius 1 is 1.25 bits per heavy atom. The van der Waals surface area contributed by atoms with Gasteiger partial charge in [-0.1, -0.05) is 29.8 Å². The third kappa shape index (κ3) is 3.41. The average Bonchev–Trinajstić information content (AvgIpc) is 2.96. The molecule has 2 saturated heterocycles. The van der Waals surface area contributed by atoms with E-state index in [0.29, 0.717) is 23.9 Å². The normalized spacial score (nSPS) is 23.6. The van der Waals surface area contributed by atoms with Crippen LogP contribution in [0.1, 0.15) is 17.9 Å². The highest BCUT2D eigenvalue weighted by Gasteiger charge is 2.40. The van der Waals surface area contributed by atoms with Gasteiger partial charge >= 0.3 is 0 Å². The molecule has 0 N–H and O–H groups in total. The fraction of sp³-hybridized carbons (Fsp3) is 0.529. The van der Waals surface area contributed by atoms with Crippen LogP contribution < -0.4 is 0 Å². The number of carbonyl (C=O) groups excluding carboxylic acids is 2. The molecule has 0 unspecified atom stereocenters. The monoisotopic (exact) mass is 367 g/mol. The van der Waals surface area contributed by atoms with E-state index in [4.69, 9.17) is 11.6 Å². The summed E-state index contributed by atoms with van der Waals surface area (Å²) in [6, 6.07) is 7.06. The van der Waals surface area contributed by atoms with Crippen LogP contribution in [0.4, 0.5) is 0 Å². The van der Waals surface area contributed by atoms with Gasteiger partial charge in [0.25, 0.3) is 0 Å². The Bertz CT molecular complexity index is 634. The van der Waals surface area contributed by atoms with E-state index >= 15 is 0 Å². The standard InChI is InChI=1S/C17H22ClN3O2S/c1-12(16(23)20-9-7-19(2)8-10-20)21-15(22)11-24-17(21)13-5-3-4-6-14(13)18/h3-6,12,17H,7-11H2,1-2H3/t12-,17+/m0/s1. The maximum absolute atomic E-state index is 12.9. The van der Waals surface area contributed by atoms with E-state index in [0.717, 1.165) is 18.7 Å². The molecule has 2 atom stereocenters. The van der Waals surface area contributed by atoms with Gasteiger partial charge in [0.1, 0.15) is 11.4 Å². The van der Waals surface area contributed by atoms with Gasteiger partial charge in [0, 0.05) is 36.8 Å². The molecule has 2 aliphatic heterocycles. The summed E-state index contributed by atoms with van der Waals surface area (Å²) >= 11 is 7.85. The highest BCUT2D eigenvalue weighted by atomic mass is 35.5. The number of halogens is 1. The van der Waals surface area contributed by atoms with Gasteiger partial charge in [-0.25, -0.2) is 0 Å². The summed E-state index contributed by atoms with van der Waals surface area (Å²) in [5.41, 5.74) is 0.896. The number of likely N-dealkylation sites (N-methyl/N-ethyl adjacent to an activating group) is 1. The zero-order chi connectivity index (χ0) is 17.3. The van der Waals surface area contributed by atoms with Gasteiger partial charge in [0.15, 0.2) is 0 Å². The molecule has 2 aliphatic rings. The van der Waals surface area contributed by atoms with Crippen molar-refractivity contribution in [2.24, 2.45) is 0 Å². The SMILES string of the molecule is C[C@@H](C(=O)N1CCN(C)CC1)N1C(=O)CS[C@@H]1c1ccccc1Cl. The first kappa shape index (κ1) is 17.6. The van der Waals surface area contributed by atoms with E-state index in [1.807, 2.05) is 36.1 Å². The minimum Gasteiger partial charge on any atom is -0.338 e. The van der Waals surface area contributed by atoms with Crippen molar-refractivity contribution in [2.75, 3.05) is 39.0 Å². The zero-order valence-corrected chi connectivity index (χ0v) is 15.5. The number of piperazine rings is 1. The molecule has 5 nitrogen and oxygen atoms in total. The van der Waals surface area contributed by atoms with Crippen LogP contribution in [0.25, 0.3) is 0 Å². The minimum absolute atomic E-state index is 0.0000952. The summed E-state index contributed by atoms with van der Waals surface area (Å²) in [4.78, 5) is 31.1. The van der Waals surface area contributed by atoms with Crippen molar-refractivity contribution in [3.63, 3.8) is 0 Å². The molecule has 2 amide bonds. The molecule has 24 heavy (non-hydrogen) atoms. The van der Waals surface area contributed by atoms with Crippen molar-refractivity contribution in [1.82, 2.24) is 14.7 Å². The number of nitrogens with zero attached hydrogens (tertiary/aromatic N) is 3. The Hall–Kier alpha value is -1.24. The maximum Gasteiger partial charge on any atom is 0.245 e. The van der Waals surface area contributed by atoms with Crippen LogP contribution >= 0.6 is 23.4 Å². The van der Waals surface area contributed by atoms with Crippen LogP contribution in [-0.4, -0.2) is 71.5 Å². The van der Waals surface area contributed by atoms with Crippen molar-refractivity contribution in [1.29, 1.82) is 0 Å². The third-order valence-electron chi connectivity index (χ3n) is 4.67. The van der Waals surface area contributed by atoms with Gasteiger partial charge in [-0.3, -0.25) is 9.59 Å². The molecule has 3 rings (SSSR count). The predicted octanol–water partition coefficient (Wildman–Crippen LogP) is 2.08. The molecule has 0 bridgehead atoms. The van der Waals surface area contributed by atoms with E-state index < -0.39 is 6.04 Å². The molecule has 1 aromatic rings. The van der Waals surface area contributed by atoms with Crippen molar-refractivity contribution in [3.8, 4) is 0 Å². The summed E-state index contributed by atoms with van der Waals surface area (Å²) in [5, 5.41) is 0.437. The van der Waals surface area contributed by atoms with Crippen LogP contribution in [0.2, 0.25) is 5.02 Å². The quantitative estimate of drug-likeness (QED) is 0.820. The van der Waals surface area contributed by atoms with Crippen LogP contribution in [0.15, 0.2) is 24.3 Å². The Morgan fingerprint density at radius 3 is 2.58 bits per heavy atom. The summed E-state index contributed by atoms with van der Waals surface area (Å²) in [7, 11) is 2.05. The highest BCUT2D eigenvalue weighted by Crippen LogP contribution is 2.42. The molecule has 7 heteroatoms. The molecular formula is C17H22ClN3O2S. The van der Waals surface area contributed by atoms with Crippen LogP contribution in [-0.2, 0) is 9.59 Å². The Kier molecular flexibility index (Phi) is 5.37. The summed E-state index contributed by atoms with van der Waals surface area (Å²) < 4.78 is 0. The van der Waals surface area contributed by atoms with Gasteiger partial charge < -0.3 is 14.7 Å². The highest BCUT2D eigenvalue weighted by molar-refractivity contribution is 8.00. The molecular weight excluding hydrogens is 346 g/mol. The number of hydrogen-bond donors (Lipinski definition) is 0. The zero-order valence-electron chi connectivity index (χ0n) is 13.9. The number of amides is 2. The number of hydrogen-bond acceptors (Lipinski definition) is 4. The van der Waals surface area contributed by atoms with Crippen molar-refractivity contribution < 1.29 is 9.59 Å². The second-order valence-electron chi connectivity index (χ2n) is 6.29. The molecule has 2 heterocycles. The smallest absolute Gasteiger partial charge is 0.245 e. The van der Waals surface area contributed by atoms with E-state index in [9.17, 15) is 9.59 Å². The third-order valence-corrected chi connectivity index (χ3v) is 6.22. The van der Waals surface area contributed by atoms with Crippen molar-refractivity contribution in [3.05, 3.63) is 34.9 Å². The number of rotatable bonds is 3. The molecule has 0 spiro atoms. The van der Waals surface area contributed by atoms with E-state index in [2.05, 4.69) is 11.9 Å². The lowest BCUT2D eigenvalue weighted by molar-refractivity contribution is -0.144. The molecule has 0 saturated carbocycles. The van der Waals surface area contributed by atoms with Gasteiger partial charge in [-0.2, -0.15) is 0 Å². The van der Waals surface area contributed by atoms with Gasteiger partial charge in [0.2, 0.25) is 11.8 Å². The molecule has 0 aliphatic carbocycles. The Balaban J connectivity index is 1.79. The summed E-state index contributed by atoms with van der Waals surface area (Å²) in [5.74, 6) is 0.409. The Morgan fingerprint density at radius 2 is 1.92 bits per heavy atom. The average molecular weight is 368 g/mol. The lowest BCUT2D eigenvalue weighted by atomic mass is 10.1. The van der Waals surface area contributed by atoms with Crippen molar-refractivity contribution in [2.45, 2.75) is 18.3 Å². The molecule has 130 valence electrons. The lowest BCUT2D eigenvalue weighted by Gasteiger charge is -2.37. The van der Waals surface area contributed by atoms with E-state index in [-0.39, 0.29) is 17.2 Å². The maximum atomic E-state index is 12.9. The van der Waals surface area contributed by atoms with E-state index in [1.54, 1.807) is 4.90 Å². The van der Waals surface area contributed by atoms with Gasteiger partial charge in [-0.15, -0.1) is 11.8 Å². The second kappa shape index (κ2) is 7.33. The largest absolute Gasteiger partial charge is 0.338 e. The number of benzene rings is 1. The summed E-state index contributed by atoms with van der Waals surface area (Å²) in [6.07, 6.45) is 0. The lowest BCUT2D eigenvalue weighted by Crippen LogP contribution is -2.54. The molecule has 2 fully saturated rings. The number of carbonyl (C=O) groups is 2. The topological polar surface area (TPSA) is 43.9 Å². The fourth-order valence-electron chi connectivity index (χ4n) is 3.18. The fourth-order valence-corrected chi connectivity index (χ4v) is 4.78. The first-order valence-electron chi connectivity index (χ1n) is 8.13. The summed E-state index contributed by atoms with van der Waals surface area (Å²) in [6.45, 7) is 5.00. The van der Waals surface area contributed by atoms with Gasteiger partial charge in [0.05, 0.1) is 5.75 Å². The van der Waals surface area contributed by atoms with Crippen LogP contribution in [0.3, 0.4) is 0 Å². The van der Waals surface area contributed by atoms with Crippen LogP contribution in [0.5, 0.6) is 0 Å². The Labute approximate surface area is 151 Å². The van der Waals surface area contributed by atoms with Crippen molar-refractivity contribution >= 4 is 35.2 Å². The van der Waals surface area contributed by atoms with Crippen LogP contribution in [0, 0.1) is 0 Å². The minimum atomic E-state index is -0.475. The molecule has 1 aromatic carbocycles. The predicted molar refractivity (Wildman–Crippen MR) is 97.0 cm³/mol. The first-order valence-corrected chi connectivity index (χ1v) is 9.56. The molecule has 0 radical (unpaired) electrons. The first-order chi connectivity index (χ1) is 11.5. The van der Waals surface area contributed by atoms with E-state index in [1.165, 1.54) is 11.8 Å². The van der Waals surface area contributed by atoms with Gasteiger partial charge in [-0.05, 0) is 20.0 Å². The number of thioether (sulfide) groups is 1. The molecule has 0 aromatic heterocycles.